The standard InChI is InChI=1S/C30H35F6NO3/c1-5-7-8-9-20-10-13-24(25(14-20)30(34,35)36)27-15-21-11-12-23(16-26(21)37(27)6-2)39-17-22(29(31,32)33)18-40-28(38)19(3)4/h10-16,19,22H,5-9,17-18H2,1-4H3. The molecular weight excluding hydrogens is 536 g/mol. The minimum absolute atomic E-state index is 0.0383. The first-order valence-electron chi connectivity index (χ1n) is 13.5. The van der Waals surface area contributed by atoms with Crippen molar-refractivity contribution in [3.63, 3.8) is 0 Å². The molecule has 0 saturated carbocycles. The van der Waals surface area contributed by atoms with Crippen LogP contribution in [-0.2, 0) is 28.7 Å². The van der Waals surface area contributed by atoms with Gasteiger partial charge >= 0.3 is 18.3 Å². The van der Waals surface area contributed by atoms with Crippen LogP contribution in [0.1, 0.15) is 58.1 Å². The Balaban J connectivity index is 1.92. The highest BCUT2D eigenvalue weighted by Crippen LogP contribution is 2.40. The number of ether oxygens (including phenoxy) is 2. The lowest BCUT2D eigenvalue weighted by Gasteiger charge is -2.21. The summed E-state index contributed by atoms with van der Waals surface area (Å²) in [6.07, 6.45) is -5.95. The summed E-state index contributed by atoms with van der Waals surface area (Å²) in [5.41, 5.74) is 0.828. The Kier molecular flexibility index (Phi) is 10.2. The largest absolute Gasteiger partial charge is 0.493 e. The van der Waals surface area contributed by atoms with Gasteiger partial charge in [0, 0.05) is 29.3 Å². The van der Waals surface area contributed by atoms with Crippen LogP contribution in [-0.4, -0.2) is 29.9 Å². The Hall–Kier alpha value is -3.17. The second kappa shape index (κ2) is 13.0. The van der Waals surface area contributed by atoms with Crippen LogP contribution in [0.5, 0.6) is 5.75 Å². The van der Waals surface area contributed by atoms with E-state index in [-0.39, 0.29) is 11.3 Å². The molecule has 0 spiro atoms. The van der Waals surface area contributed by atoms with E-state index in [0.29, 0.717) is 35.1 Å². The lowest BCUT2D eigenvalue weighted by Crippen LogP contribution is -2.34. The highest BCUT2D eigenvalue weighted by molar-refractivity contribution is 5.89. The van der Waals surface area contributed by atoms with Gasteiger partial charge in [-0.05, 0) is 49.6 Å². The predicted octanol–water partition coefficient (Wildman–Crippen LogP) is 8.84. The number of nitrogens with zero attached hydrogens (tertiary/aromatic N) is 1. The zero-order valence-electron chi connectivity index (χ0n) is 23.1. The number of rotatable bonds is 12. The van der Waals surface area contributed by atoms with E-state index in [1.807, 2.05) is 6.92 Å². The Labute approximate surface area is 230 Å². The summed E-state index contributed by atoms with van der Waals surface area (Å²) < 4.78 is 94.9. The number of aryl methyl sites for hydroxylation is 2. The van der Waals surface area contributed by atoms with E-state index < -0.39 is 48.9 Å². The van der Waals surface area contributed by atoms with E-state index in [9.17, 15) is 31.1 Å². The van der Waals surface area contributed by atoms with Gasteiger partial charge in [-0.2, -0.15) is 26.3 Å². The molecule has 4 nitrogen and oxygen atoms in total. The SMILES string of the molecule is CCCCCc1ccc(-c2cc3ccc(OCC(COC(=O)C(C)C)C(F)(F)F)cc3n2CC)c(C(F)(F)F)c1. The van der Waals surface area contributed by atoms with Crippen molar-refractivity contribution in [2.75, 3.05) is 13.2 Å². The van der Waals surface area contributed by atoms with Gasteiger partial charge in [-0.3, -0.25) is 4.79 Å². The van der Waals surface area contributed by atoms with Gasteiger partial charge in [-0.1, -0.05) is 45.7 Å². The normalized spacial score (nSPS) is 13.2. The molecule has 1 unspecified atom stereocenters. The molecule has 0 N–H and O–H groups in total. The monoisotopic (exact) mass is 571 g/mol. The molecule has 0 radical (unpaired) electrons. The van der Waals surface area contributed by atoms with E-state index in [1.54, 1.807) is 29.7 Å². The highest BCUT2D eigenvalue weighted by Gasteiger charge is 2.41. The average molecular weight is 572 g/mol. The molecule has 0 saturated heterocycles. The number of hydrogen-bond donors (Lipinski definition) is 0. The third kappa shape index (κ3) is 7.73. The first kappa shape index (κ1) is 31.4. The fraction of sp³-hybridized carbons (Fsp3) is 0.500. The van der Waals surface area contributed by atoms with Crippen LogP contribution in [0.4, 0.5) is 26.3 Å². The number of carbonyl (C=O) groups excluding carboxylic acids is 1. The summed E-state index contributed by atoms with van der Waals surface area (Å²) in [6, 6.07) is 10.7. The van der Waals surface area contributed by atoms with Crippen molar-refractivity contribution >= 4 is 16.9 Å². The Morgan fingerprint density at radius 3 is 2.25 bits per heavy atom. The van der Waals surface area contributed by atoms with Gasteiger partial charge in [0.25, 0.3) is 0 Å². The highest BCUT2D eigenvalue weighted by atomic mass is 19.4. The van der Waals surface area contributed by atoms with Gasteiger partial charge in [-0.25, -0.2) is 0 Å². The number of fused-ring (bicyclic) bond motifs is 1. The number of unbranched alkanes of at least 4 members (excludes halogenated alkanes) is 2. The van der Waals surface area contributed by atoms with Gasteiger partial charge in [0.15, 0.2) is 0 Å². The Morgan fingerprint density at radius 1 is 0.925 bits per heavy atom. The first-order valence-corrected chi connectivity index (χ1v) is 13.5. The first-order chi connectivity index (χ1) is 18.8. The van der Waals surface area contributed by atoms with Crippen molar-refractivity contribution in [3.8, 4) is 17.0 Å². The van der Waals surface area contributed by atoms with Gasteiger partial charge in [0.2, 0.25) is 0 Å². The predicted molar refractivity (Wildman–Crippen MR) is 142 cm³/mol. The topological polar surface area (TPSA) is 40.5 Å². The average Bonchev–Trinajstić information content (AvgIpc) is 3.25. The molecule has 220 valence electrons. The van der Waals surface area contributed by atoms with Crippen molar-refractivity contribution in [1.29, 1.82) is 0 Å². The van der Waals surface area contributed by atoms with Gasteiger partial charge < -0.3 is 14.0 Å². The zero-order chi connectivity index (χ0) is 29.7. The molecule has 0 bridgehead atoms. The quantitative estimate of drug-likeness (QED) is 0.124. The lowest BCUT2D eigenvalue weighted by molar-refractivity contribution is -0.197. The maximum atomic E-state index is 14.1. The molecule has 0 aliphatic rings. The van der Waals surface area contributed by atoms with E-state index in [1.165, 1.54) is 38.1 Å². The van der Waals surface area contributed by atoms with E-state index in [2.05, 4.69) is 0 Å². The minimum Gasteiger partial charge on any atom is -0.493 e. The van der Waals surface area contributed by atoms with Crippen molar-refractivity contribution in [2.24, 2.45) is 11.8 Å². The second-order valence-corrected chi connectivity index (χ2v) is 10.2. The molecule has 0 amide bonds. The summed E-state index contributed by atoms with van der Waals surface area (Å²) in [5, 5.41) is 0.627. The van der Waals surface area contributed by atoms with Crippen molar-refractivity contribution in [1.82, 2.24) is 4.57 Å². The minimum atomic E-state index is -4.66. The molecule has 1 atom stereocenters. The molecule has 3 aromatic rings. The second-order valence-electron chi connectivity index (χ2n) is 10.2. The fourth-order valence-corrected chi connectivity index (χ4v) is 4.46. The summed E-state index contributed by atoms with van der Waals surface area (Å²) in [7, 11) is 0. The van der Waals surface area contributed by atoms with Crippen LogP contribution in [0.3, 0.4) is 0 Å². The zero-order valence-corrected chi connectivity index (χ0v) is 23.1. The number of esters is 1. The number of alkyl halides is 6. The summed E-state index contributed by atoms with van der Waals surface area (Å²) in [5.74, 6) is -3.22. The van der Waals surface area contributed by atoms with E-state index >= 15 is 0 Å². The van der Waals surface area contributed by atoms with Crippen molar-refractivity contribution in [3.05, 3.63) is 53.6 Å². The molecule has 3 rings (SSSR count). The number of benzene rings is 2. The van der Waals surface area contributed by atoms with Crippen LogP contribution in [0.15, 0.2) is 42.5 Å². The number of aromatic nitrogens is 1. The van der Waals surface area contributed by atoms with Crippen LogP contribution < -0.4 is 4.74 Å². The van der Waals surface area contributed by atoms with E-state index in [4.69, 9.17) is 9.47 Å². The summed E-state index contributed by atoms with van der Waals surface area (Å²) >= 11 is 0. The van der Waals surface area contributed by atoms with Crippen LogP contribution >= 0.6 is 0 Å². The molecule has 0 aliphatic heterocycles. The molecule has 10 heteroatoms. The molecule has 2 aromatic carbocycles. The fourth-order valence-electron chi connectivity index (χ4n) is 4.46. The summed E-state index contributed by atoms with van der Waals surface area (Å²) in [6.45, 7) is 5.54. The lowest BCUT2D eigenvalue weighted by atomic mass is 9.98. The molecule has 40 heavy (non-hydrogen) atoms. The maximum Gasteiger partial charge on any atom is 0.417 e. The third-order valence-corrected chi connectivity index (χ3v) is 6.74. The van der Waals surface area contributed by atoms with Gasteiger partial charge in [-0.15, -0.1) is 0 Å². The van der Waals surface area contributed by atoms with Crippen molar-refractivity contribution in [2.45, 2.75) is 72.3 Å². The Bertz CT molecular complexity index is 1290. The number of carbonyl (C=O) groups is 1. The molecule has 1 heterocycles. The number of hydrogen-bond acceptors (Lipinski definition) is 3. The Morgan fingerprint density at radius 2 is 1.65 bits per heavy atom. The smallest absolute Gasteiger partial charge is 0.417 e. The van der Waals surface area contributed by atoms with Gasteiger partial charge in [0.1, 0.15) is 24.9 Å². The molecular formula is C30H35F6NO3. The molecule has 0 fully saturated rings. The van der Waals surface area contributed by atoms with Crippen molar-refractivity contribution < 1.29 is 40.6 Å². The molecule has 1 aromatic heterocycles. The van der Waals surface area contributed by atoms with Crippen LogP contribution in [0.2, 0.25) is 0 Å². The maximum absolute atomic E-state index is 14.1. The molecule has 0 aliphatic carbocycles. The van der Waals surface area contributed by atoms with Crippen LogP contribution in [0.25, 0.3) is 22.2 Å². The van der Waals surface area contributed by atoms with Gasteiger partial charge in [0.05, 0.1) is 17.0 Å². The summed E-state index contributed by atoms with van der Waals surface area (Å²) in [4.78, 5) is 11.6. The van der Waals surface area contributed by atoms with Crippen LogP contribution in [0, 0.1) is 11.8 Å². The van der Waals surface area contributed by atoms with E-state index in [0.717, 1.165) is 19.3 Å². The third-order valence-electron chi connectivity index (χ3n) is 6.74. The number of halogens is 6.